The molecule has 6 nitrogen and oxygen atoms in total. The van der Waals surface area contributed by atoms with E-state index in [0.29, 0.717) is 6.04 Å². The van der Waals surface area contributed by atoms with Gasteiger partial charge in [0.2, 0.25) is 5.95 Å². The standard InChI is InChI=1S/C20H28N4O2/c1-20(2,3)26-19(25)23-13-9-10-14(23)12-15(11-13)24-17-8-6-5-7-16(17)22-18(24)21-4/h5-8,13-15H,9-12H2,1-4H3,(H,21,22)/t13-,14+,15?. The summed E-state index contributed by atoms with van der Waals surface area (Å²) in [6, 6.07) is 9.11. The van der Waals surface area contributed by atoms with Crippen LogP contribution in [0.4, 0.5) is 10.7 Å². The van der Waals surface area contributed by atoms with Crippen molar-refractivity contribution in [2.45, 2.75) is 70.2 Å². The van der Waals surface area contributed by atoms with Crippen LogP contribution < -0.4 is 5.32 Å². The maximum absolute atomic E-state index is 12.7. The number of aromatic nitrogens is 2. The Labute approximate surface area is 154 Å². The van der Waals surface area contributed by atoms with Gasteiger partial charge in [-0.15, -0.1) is 0 Å². The number of hydrogen-bond donors (Lipinski definition) is 1. The Morgan fingerprint density at radius 1 is 1.15 bits per heavy atom. The fourth-order valence-electron chi connectivity index (χ4n) is 4.56. The number of fused-ring (bicyclic) bond motifs is 3. The fourth-order valence-corrected chi connectivity index (χ4v) is 4.56. The highest BCUT2D eigenvalue weighted by molar-refractivity contribution is 5.79. The summed E-state index contributed by atoms with van der Waals surface area (Å²) < 4.78 is 7.98. The van der Waals surface area contributed by atoms with E-state index in [1.54, 1.807) is 0 Å². The molecule has 1 N–H and O–H groups in total. The van der Waals surface area contributed by atoms with E-state index in [-0.39, 0.29) is 18.2 Å². The first-order valence-electron chi connectivity index (χ1n) is 9.53. The van der Waals surface area contributed by atoms with Crippen molar-refractivity contribution in [3.8, 4) is 0 Å². The van der Waals surface area contributed by atoms with Crippen LogP contribution in [0.5, 0.6) is 0 Å². The minimum Gasteiger partial charge on any atom is -0.444 e. The van der Waals surface area contributed by atoms with Gasteiger partial charge < -0.3 is 19.5 Å². The van der Waals surface area contributed by atoms with Crippen LogP contribution >= 0.6 is 0 Å². The second-order valence-electron chi connectivity index (χ2n) is 8.44. The molecule has 0 radical (unpaired) electrons. The molecule has 2 aromatic rings. The summed E-state index contributed by atoms with van der Waals surface area (Å²) in [5.74, 6) is 0.904. The van der Waals surface area contributed by atoms with Crippen LogP contribution in [0.1, 0.15) is 52.5 Å². The molecule has 3 atom stereocenters. The fraction of sp³-hybridized carbons (Fsp3) is 0.600. The maximum atomic E-state index is 12.7. The van der Waals surface area contributed by atoms with Crippen molar-refractivity contribution in [2.24, 2.45) is 0 Å². The molecule has 1 unspecified atom stereocenters. The number of imidazole rings is 1. The summed E-state index contributed by atoms with van der Waals surface area (Å²) >= 11 is 0. The number of carbonyl (C=O) groups excluding carboxylic acids is 1. The van der Waals surface area contributed by atoms with Crippen molar-refractivity contribution in [3.63, 3.8) is 0 Å². The van der Waals surface area contributed by atoms with Gasteiger partial charge in [0.05, 0.1) is 11.0 Å². The Bertz CT molecular complexity index is 809. The number of carbonyl (C=O) groups is 1. The number of anilines is 1. The van der Waals surface area contributed by atoms with E-state index in [1.165, 1.54) is 0 Å². The molecule has 0 saturated carbocycles. The molecule has 26 heavy (non-hydrogen) atoms. The molecule has 2 aliphatic rings. The predicted octanol–water partition coefficient (Wildman–Crippen LogP) is 4.18. The zero-order valence-corrected chi connectivity index (χ0v) is 16.0. The molecule has 6 heteroatoms. The minimum absolute atomic E-state index is 0.159. The average molecular weight is 356 g/mol. The lowest BCUT2D eigenvalue weighted by Crippen LogP contribution is -2.48. The third-order valence-corrected chi connectivity index (χ3v) is 5.50. The molecule has 1 aromatic carbocycles. The number of nitrogens with zero attached hydrogens (tertiary/aromatic N) is 3. The smallest absolute Gasteiger partial charge is 0.410 e. The lowest BCUT2D eigenvalue weighted by atomic mass is 9.97. The molecular formula is C20H28N4O2. The van der Waals surface area contributed by atoms with Crippen LogP contribution in [0.2, 0.25) is 0 Å². The third-order valence-electron chi connectivity index (χ3n) is 5.50. The number of piperidine rings is 1. The number of benzene rings is 1. The van der Waals surface area contributed by atoms with E-state index >= 15 is 0 Å². The molecule has 4 rings (SSSR count). The molecule has 0 aliphatic carbocycles. The quantitative estimate of drug-likeness (QED) is 0.877. The summed E-state index contributed by atoms with van der Waals surface area (Å²) in [4.78, 5) is 19.4. The first-order valence-corrected chi connectivity index (χ1v) is 9.53. The molecule has 3 heterocycles. The van der Waals surface area contributed by atoms with Crippen LogP contribution in [0.3, 0.4) is 0 Å². The number of para-hydroxylation sites is 2. The zero-order valence-electron chi connectivity index (χ0n) is 16.0. The largest absolute Gasteiger partial charge is 0.444 e. The Balaban J connectivity index is 1.61. The van der Waals surface area contributed by atoms with Crippen molar-refractivity contribution < 1.29 is 9.53 Å². The molecule has 2 aliphatic heterocycles. The Hall–Kier alpha value is -2.24. The summed E-state index contributed by atoms with van der Waals surface area (Å²) in [5, 5.41) is 3.24. The van der Waals surface area contributed by atoms with Crippen molar-refractivity contribution >= 4 is 23.1 Å². The lowest BCUT2D eigenvalue weighted by Gasteiger charge is -2.40. The van der Waals surface area contributed by atoms with Crippen molar-refractivity contribution in [1.29, 1.82) is 0 Å². The zero-order chi connectivity index (χ0) is 18.5. The number of amides is 1. The van der Waals surface area contributed by atoms with E-state index in [9.17, 15) is 4.79 Å². The first-order chi connectivity index (χ1) is 12.4. The van der Waals surface area contributed by atoms with E-state index in [0.717, 1.165) is 42.7 Å². The summed E-state index contributed by atoms with van der Waals surface area (Å²) in [6.45, 7) is 5.78. The number of rotatable bonds is 2. The topological polar surface area (TPSA) is 59.4 Å². The highest BCUT2D eigenvalue weighted by Crippen LogP contribution is 2.43. The summed E-state index contributed by atoms with van der Waals surface area (Å²) in [7, 11) is 1.92. The Kier molecular flexibility index (Phi) is 4.09. The first kappa shape index (κ1) is 17.2. The average Bonchev–Trinajstić information content (AvgIpc) is 3.08. The lowest BCUT2D eigenvalue weighted by molar-refractivity contribution is 0.00325. The van der Waals surface area contributed by atoms with Crippen LogP contribution in [0, 0.1) is 0 Å². The normalized spacial score (nSPS) is 25.5. The van der Waals surface area contributed by atoms with Gasteiger partial charge >= 0.3 is 6.09 Å². The second kappa shape index (κ2) is 6.18. The molecule has 0 spiro atoms. The van der Waals surface area contributed by atoms with Crippen LogP contribution in [-0.2, 0) is 4.74 Å². The van der Waals surface area contributed by atoms with Gasteiger partial charge in [-0.2, -0.15) is 0 Å². The van der Waals surface area contributed by atoms with Crippen molar-refractivity contribution in [2.75, 3.05) is 12.4 Å². The number of hydrogen-bond acceptors (Lipinski definition) is 4. The van der Waals surface area contributed by atoms with E-state index < -0.39 is 5.60 Å². The van der Waals surface area contributed by atoms with Gasteiger partial charge in [0.1, 0.15) is 5.60 Å². The summed E-state index contributed by atoms with van der Waals surface area (Å²) in [6.07, 6.45) is 3.85. The monoisotopic (exact) mass is 356 g/mol. The van der Waals surface area contributed by atoms with Gasteiger partial charge in [0.25, 0.3) is 0 Å². The second-order valence-corrected chi connectivity index (χ2v) is 8.44. The summed E-state index contributed by atoms with van der Waals surface area (Å²) in [5.41, 5.74) is 1.72. The highest BCUT2D eigenvalue weighted by Gasteiger charge is 2.45. The molecule has 1 amide bonds. The molecule has 2 fully saturated rings. The maximum Gasteiger partial charge on any atom is 0.410 e. The third kappa shape index (κ3) is 2.91. The molecule has 2 saturated heterocycles. The molecule has 140 valence electrons. The SMILES string of the molecule is CNc1nc2ccccc2n1C1C[C@H]2CC[C@@H](C1)N2C(=O)OC(C)(C)C. The van der Waals surface area contributed by atoms with Gasteiger partial charge in [0.15, 0.2) is 0 Å². The predicted molar refractivity (Wildman–Crippen MR) is 102 cm³/mol. The van der Waals surface area contributed by atoms with Gasteiger partial charge in [-0.05, 0) is 58.6 Å². The van der Waals surface area contributed by atoms with Crippen molar-refractivity contribution in [3.05, 3.63) is 24.3 Å². The molecule has 2 bridgehead atoms. The van der Waals surface area contributed by atoms with Crippen LogP contribution in [-0.4, -0.2) is 45.3 Å². The van der Waals surface area contributed by atoms with Gasteiger partial charge in [-0.1, -0.05) is 12.1 Å². The van der Waals surface area contributed by atoms with E-state index in [4.69, 9.17) is 9.72 Å². The van der Waals surface area contributed by atoms with E-state index in [2.05, 4.69) is 28.1 Å². The van der Waals surface area contributed by atoms with Crippen LogP contribution in [0.25, 0.3) is 11.0 Å². The number of ether oxygens (including phenoxy) is 1. The Morgan fingerprint density at radius 3 is 2.42 bits per heavy atom. The minimum atomic E-state index is -0.451. The molecule has 1 aromatic heterocycles. The van der Waals surface area contributed by atoms with Crippen molar-refractivity contribution in [1.82, 2.24) is 14.5 Å². The van der Waals surface area contributed by atoms with Crippen LogP contribution in [0.15, 0.2) is 24.3 Å². The van der Waals surface area contributed by atoms with Gasteiger partial charge in [-0.3, -0.25) is 0 Å². The molecular weight excluding hydrogens is 328 g/mol. The Morgan fingerprint density at radius 2 is 1.81 bits per heavy atom. The highest BCUT2D eigenvalue weighted by atomic mass is 16.6. The van der Waals surface area contributed by atoms with E-state index in [1.807, 2.05) is 38.8 Å². The number of nitrogens with one attached hydrogen (secondary N) is 1. The van der Waals surface area contributed by atoms with Gasteiger partial charge in [0, 0.05) is 25.2 Å². The van der Waals surface area contributed by atoms with Gasteiger partial charge in [-0.25, -0.2) is 9.78 Å².